The van der Waals surface area contributed by atoms with E-state index >= 15 is 0 Å². The van der Waals surface area contributed by atoms with E-state index in [-0.39, 0.29) is 17.3 Å². The van der Waals surface area contributed by atoms with Gasteiger partial charge in [0.25, 0.3) is 5.91 Å². The molecule has 2 N–H and O–H groups in total. The van der Waals surface area contributed by atoms with Gasteiger partial charge in [0.05, 0.1) is 10.6 Å². The Kier molecular flexibility index (Phi) is 3.58. The third-order valence-electron chi connectivity index (χ3n) is 2.84. The molecule has 0 unspecified atom stereocenters. The second kappa shape index (κ2) is 4.92. The van der Waals surface area contributed by atoms with Gasteiger partial charge in [0.15, 0.2) is 5.60 Å². The second-order valence-corrected chi connectivity index (χ2v) is 6.63. The van der Waals surface area contributed by atoms with Gasteiger partial charge in [-0.2, -0.15) is 0 Å². The van der Waals surface area contributed by atoms with Crippen LogP contribution in [0.25, 0.3) is 0 Å². The Hall–Kier alpha value is -1.86. The van der Waals surface area contributed by atoms with Gasteiger partial charge in [0, 0.05) is 12.6 Å². The Morgan fingerprint density at radius 2 is 2.15 bits per heavy atom. The van der Waals surface area contributed by atoms with E-state index in [4.69, 9.17) is 4.74 Å². The fourth-order valence-electron chi connectivity index (χ4n) is 1.70. The number of carbonyl (C=O) groups is 1. The summed E-state index contributed by atoms with van der Waals surface area (Å²) in [5.74, 6) is 0.0569. The van der Waals surface area contributed by atoms with Crippen molar-refractivity contribution in [3.05, 3.63) is 30.9 Å². The third kappa shape index (κ3) is 2.68. The van der Waals surface area contributed by atoms with E-state index in [2.05, 4.69) is 16.6 Å². The predicted octanol–water partition coefficient (Wildman–Crippen LogP) is 1.26. The molecule has 2 rings (SSSR count). The molecule has 1 heterocycles. The van der Waals surface area contributed by atoms with Crippen molar-refractivity contribution in [3.63, 3.8) is 0 Å². The highest BCUT2D eigenvalue weighted by molar-refractivity contribution is 7.89. The molecule has 0 bridgehead atoms. The molecule has 0 saturated heterocycles. The molecule has 6 nitrogen and oxygen atoms in total. The van der Waals surface area contributed by atoms with Crippen LogP contribution in [0.1, 0.15) is 13.8 Å². The van der Waals surface area contributed by atoms with Crippen LogP contribution in [0.3, 0.4) is 0 Å². The quantitative estimate of drug-likeness (QED) is 0.819. The lowest BCUT2D eigenvalue weighted by Gasteiger charge is -2.31. The number of hydrogen-bond acceptors (Lipinski definition) is 4. The zero-order valence-corrected chi connectivity index (χ0v) is 12.1. The van der Waals surface area contributed by atoms with Crippen LogP contribution in [-0.2, 0) is 14.8 Å². The van der Waals surface area contributed by atoms with Gasteiger partial charge in [-0.1, -0.05) is 6.08 Å². The van der Waals surface area contributed by atoms with Crippen molar-refractivity contribution in [2.75, 3.05) is 11.9 Å². The summed E-state index contributed by atoms with van der Waals surface area (Å²) in [5.41, 5.74) is -0.582. The Morgan fingerprint density at radius 3 is 2.80 bits per heavy atom. The number of fused-ring (bicyclic) bond motifs is 1. The topological polar surface area (TPSA) is 84.5 Å². The van der Waals surface area contributed by atoms with Crippen molar-refractivity contribution in [3.8, 4) is 5.75 Å². The first kappa shape index (κ1) is 14.5. The Labute approximate surface area is 117 Å². The van der Waals surface area contributed by atoms with Crippen LogP contribution in [-0.4, -0.2) is 26.5 Å². The van der Waals surface area contributed by atoms with Gasteiger partial charge in [-0.25, -0.2) is 13.1 Å². The van der Waals surface area contributed by atoms with Crippen LogP contribution in [0.4, 0.5) is 5.69 Å². The summed E-state index contributed by atoms with van der Waals surface area (Å²) >= 11 is 0. The predicted molar refractivity (Wildman–Crippen MR) is 75.2 cm³/mol. The summed E-state index contributed by atoms with van der Waals surface area (Å²) in [4.78, 5) is 11.8. The van der Waals surface area contributed by atoms with Gasteiger partial charge < -0.3 is 10.1 Å². The van der Waals surface area contributed by atoms with Crippen molar-refractivity contribution in [1.82, 2.24) is 4.72 Å². The SMILES string of the molecule is C=CCNS(=O)(=O)c1ccc2c(c1)OC(C)(C)C(=O)N2. The molecule has 1 amide bonds. The molecule has 108 valence electrons. The Bertz CT molecular complexity index is 665. The lowest BCUT2D eigenvalue weighted by molar-refractivity contribution is -0.129. The summed E-state index contributed by atoms with van der Waals surface area (Å²) in [5, 5.41) is 2.68. The third-order valence-corrected chi connectivity index (χ3v) is 4.26. The van der Waals surface area contributed by atoms with Gasteiger partial charge >= 0.3 is 0 Å². The normalized spacial score (nSPS) is 16.8. The number of nitrogens with one attached hydrogen (secondary N) is 2. The average Bonchev–Trinajstić information content (AvgIpc) is 2.37. The fraction of sp³-hybridized carbons (Fsp3) is 0.308. The molecule has 0 fully saturated rings. The van der Waals surface area contributed by atoms with E-state index < -0.39 is 15.6 Å². The largest absolute Gasteiger partial charge is 0.476 e. The maximum absolute atomic E-state index is 12.0. The number of hydrogen-bond donors (Lipinski definition) is 2. The molecule has 0 saturated carbocycles. The minimum atomic E-state index is -3.62. The lowest BCUT2D eigenvalue weighted by atomic mass is 10.1. The maximum atomic E-state index is 12.0. The van der Waals surface area contributed by atoms with E-state index in [0.717, 1.165) is 0 Å². The molecule has 1 aromatic rings. The summed E-state index contributed by atoms with van der Waals surface area (Å²) in [6.07, 6.45) is 1.45. The molecule has 0 radical (unpaired) electrons. The van der Waals surface area contributed by atoms with Crippen molar-refractivity contribution < 1.29 is 17.9 Å². The first-order valence-corrected chi connectivity index (χ1v) is 7.50. The zero-order chi connectivity index (χ0) is 15.0. The van der Waals surface area contributed by atoms with Crippen LogP contribution in [0.5, 0.6) is 5.75 Å². The highest BCUT2D eigenvalue weighted by Gasteiger charge is 2.35. The summed E-state index contributed by atoms with van der Waals surface area (Å²) < 4.78 is 31.9. The minimum Gasteiger partial charge on any atom is -0.476 e. The van der Waals surface area contributed by atoms with E-state index in [1.807, 2.05) is 0 Å². The van der Waals surface area contributed by atoms with E-state index in [1.165, 1.54) is 24.3 Å². The average molecular weight is 296 g/mol. The van der Waals surface area contributed by atoms with E-state index in [9.17, 15) is 13.2 Å². The summed E-state index contributed by atoms with van der Waals surface area (Å²) in [6.45, 7) is 6.82. The van der Waals surface area contributed by atoms with Crippen LogP contribution in [0.15, 0.2) is 35.7 Å². The van der Waals surface area contributed by atoms with E-state index in [0.29, 0.717) is 11.4 Å². The number of amides is 1. The van der Waals surface area contributed by atoms with Gasteiger partial charge in [-0.15, -0.1) is 6.58 Å². The number of carbonyl (C=O) groups excluding carboxylic acids is 1. The molecule has 1 aliphatic heterocycles. The number of rotatable bonds is 4. The molecule has 0 aromatic heterocycles. The van der Waals surface area contributed by atoms with Crippen LogP contribution < -0.4 is 14.8 Å². The van der Waals surface area contributed by atoms with Crippen LogP contribution in [0, 0.1) is 0 Å². The fourth-order valence-corrected chi connectivity index (χ4v) is 2.72. The molecule has 20 heavy (non-hydrogen) atoms. The Balaban J connectivity index is 2.38. The molecule has 0 aliphatic carbocycles. The van der Waals surface area contributed by atoms with Crippen molar-refractivity contribution in [1.29, 1.82) is 0 Å². The van der Waals surface area contributed by atoms with Crippen molar-refractivity contribution in [2.45, 2.75) is 24.3 Å². The van der Waals surface area contributed by atoms with Crippen molar-refractivity contribution in [2.24, 2.45) is 0 Å². The highest BCUT2D eigenvalue weighted by atomic mass is 32.2. The Morgan fingerprint density at radius 1 is 1.45 bits per heavy atom. The minimum absolute atomic E-state index is 0.0741. The molecule has 1 aromatic carbocycles. The molecule has 1 aliphatic rings. The van der Waals surface area contributed by atoms with Crippen LogP contribution >= 0.6 is 0 Å². The van der Waals surface area contributed by atoms with Gasteiger partial charge in [-0.05, 0) is 26.0 Å². The molecule has 0 atom stereocenters. The number of sulfonamides is 1. The van der Waals surface area contributed by atoms with Gasteiger partial charge in [-0.3, -0.25) is 4.79 Å². The standard InChI is InChI=1S/C13H16N2O4S/c1-4-7-14-20(17,18)9-5-6-10-11(8-9)19-13(2,3)12(16)15-10/h4-6,8,14H,1,7H2,2-3H3,(H,15,16). The summed E-state index contributed by atoms with van der Waals surface area (Å²) in [6, 6.07) is 4.30. The number of anilines is 1. The highest BCUT2D eigenvalue weighted by Crippen LogP contribution is 2.35. The van der Waals surface area contributed by atoms with Gasteiger partial charge in [0.1, 0.15) is 5.75 Å². The molecular weight excluding hydrogens is 280 g/mol. The monoisotopic (exact) mass is 296 g/mol. The molecule has 0 spiro atoms. The summed E-state index contributed by atoms with van der Waals surface area (Å²) in [7, 11) is -3.62. The second-order valence-electron chi connectivity index (χ2n) is 4.87. The smallest absolute Gasteiger partial charge is 0.268 e. The maximum Gasteiger partial charge on any atom is 0.268 e. The van der Waals surface area contributed by atoms with Crippen LogP contribution in [0.2, 0.25) is 0 Å². The first-order chi connectivity index (χ1) is 9.26. The first-order valence-electron chi connectivity index (χ1n) is 6.01. The number of ether oxygens (including phenoxy) is 1. The zero-order valence-electron chi connectivity index (χ0n) is 11.3. The van der Waals surface area contributed by atoms with E-state index in [1.54, 1.807) is 13.8 Å². The van der Waals surface area contributed by atoms with Crippen molar-refractivity contribution >= 4 is 21.6 Å². The lowest BCUT2D eigenvalue weighted by Crippen LogP contribution is -2.45. The molecular formula is C13H16N2O4S. The van der Waals surface area contributed by atoms with Gasteiger partial charge in [0.2, 0.25) is 10.0 Å². The number of benzene rings is 1. The molecule has 7 heteroatoms.